The molecule has 0 radical (unpaired) electrons. The van der Waals surface area contributed by atoms with E-state index in [0.29, 0.717) is 36.0 Å². The Morgan fingerprint density at radius 2 is 1.68 bits per heavy atom. The van der Waals surface area contributed by atoms with Crippen molar-refractivity contribution in [2.24, 2.45) is 0 Å². The third kappa shape index (κ3) is 5.77. The molecule has 0 aliphatic rings. The van der Waals surface area contributed by atoms with Gasteiger partial charge >= 0.3 is 0 Å². The van der Waals surface area contributed by atoms with Crippen LogP contribution in [0.15, 0.2) is 66.9 Å². The fraction of sp³-hybridized carbons (Fsp3) is 0.276. The molecule has 0 saturated heterocycles. The van der Waals surface area contributed by atoms with Crippen molar-refractivity contribution in [2.45, 2.75) is 45.4 Å². The van der Waals surface area contributed by atoms with Crippen LogP contribution < -0.4 is 4.74 Å². The Bertz CT molecular complexity index is 1250. The fourth-order valence-corrected chi connectivity index (χ4v) is 4.02. The highest BCUT2D eigenvalue weighted by atomic mass is 19.2. The minimum Gasteiger partial charge on any atom is -0.492 e. The number of hydrogen-bond donors (Lipinski definition) is 0. The summed E-state index contributed by atoms with van der Waals surface area (Å²) in [7, 11) is 0. The highest BCUT2D eigenvalue weighted by Gasteiger charge is 2.11. The van der Waals surface area contributed by atoms with Crippen molar-refractivity contribution in [1.29, 1.82) is 0 Å². The maximum absolute atomic E-state index is 15.1. The van der Waals surface area contributed by atoms with Crippen LogP contribution in [-0.2, 0) is 12.8 Å². The van der Waals surface area contributed by atoms with Gasteiger partial charge in [0.1, 0.15) is 11.6 Å². The fourth-order valence-electron chi connectivity index (χ4n) is 4.02. The summed E-state index contributed by atoms with van der Waals surface area (Å²) in [6.45, 7) is 2.87. The van der Waals surface area contributed by atoms with Crippen LogP contribution in [0.3, 0.4) is 0 Å². The van der Waals surface area contributed by atoms with E-state index in [1.54, 1.807) is 18.3 Å². The van der Waals surface area contributed by atoms with E-state index in [1.807, 2.05) is 30.3 Å². The highest BCUT2D eigenvalue weighted by molar-refractivity contribution is 5.88. The van der Waals surface area contributed by atoms with E-state index >= 15 is 4.39 Å². The molecule has 34 heavy (non-hydrogen) atoms. The first-order chi connectivity index (χ1) is 16.5. The molecule has 0 N–H and O–H groups in total. The molecule has 0 aliphatic heterocycles. The summed E-state index contributed by atoms with van der Waals surface area (Å²) >= 11 is 0. The van der Waals surface area contributed by atoms with Gasteiger partial charge in [-0.15, -0.1) is 0 Å². The normalized spacial score (nSPS) is 11.2. The van der Waals surface area contributed by atoms with E-state index in [0.717, 1.165) is 40.9 Å². The number of rotatable bonds is 10. The predicted molar refractivity (Wildman–Crippen MR) is 131 cm³/mol. The van der Waals surface area contributed by atoms with Crippen LogP contribution in [0.2, 0.25) is 0 Å². The number of hydrogen-bond acceptors (Lipinski definition) is 2. The smallest absolute Gasteiger partial charge is 0.159 e. The Hall–Kier alpha value is -3.34. The van der Waals surface area contributed by atoms with Crippen molar-refractivity contribution in [3.63, 3.8) is 0 Å². The minimum atomic E-state index is -0.885. The molecule has 4 aromatic rings. The SMILES string of the molecule is CCCCCCOc1ccc(-c2ccc3c(F)c(CCc4ccc(F)c(F)c4)ccc3c2)nc1. The molecule has 0 spiro atoms. The predicted octanol–water partition coefficient (Wildman–Crippen LogP) is 8.06. The number of unbranched alkanes of at least 4 members (excludes halogenated alkanes) is 3. The van der Waals surface area contributed by atoms with Gasteiger partial charge in [0.15, 0.2) is 11.6 Å². The summed E-state index contributed by atoms with van der Waals surface area (Å²) in [5.74, 6) is -1.30. The Balaban J connectivity index is 1.44. The number of aromatic nitrogens is 1. The van der Waals surface area contributed by atoms with Gasteiger partial charge in [0.25, 0.3) is 0 Å². The van der Waals surface area contributed by atoms with E-state index in [2.05, 4.69) is 11.9 Å². The summed E-state index contributed by atoms with van der Waals surface area (Å²) in [5, 5.41) is 1.31. The maximum atomic E-state index is 15.1. The molecular formula is C29H28F3NO. The molecule has 1 heterocycles. The molecule has 0 bridgehead atoms. The molecule has 5 heteroatoms. The van der Waals surface area contributed by atoms with Gasteiger partial charge in [-0.05, 0) is 66.1 Å². The Labute approximate surface area is 198 Å². The molecule has 1 aromatic heterocycles. The lowest BCUT2D eigenvalue weighted by molar-refractivity contribution is 0.304. The third-order valence-corrected chi connectivity index (χ3v) is 6.00. The number of benzene rings is 3. The molecule has 0 fully saturated rings. The van der Waals surface area contributed by atoms with Crippen LogP contribution in [0.4, 0.5) is 13.2 Å². The van der Waals surface area contributed by atoms with Gasteiger partial charge in [-0.1, -0.05) is 56.5 Å². The first kappa shape index (κ1) is 23.8. The molecule has 2 nitrogen and oxygen atoms in total. The average molecular weight is 464 g/mol. The number of nitrogens with zero attached hydrogens (tertiary/aromatic N) is 1. The number of aryl methyl sites for hydroxylation is 2. The number of fused-ring (bicyclic) bond motifs is 1. The van der Waals surface area contributed by atoms with Gasteiger partial charge in [0, 0.05) is 10.9 Å². The summed E-state index contributed by atoms with van der Waals surface area (Å²) in [6.07, 6.45) is 7.17. The molecule has 0 atom stereocenters. The Morgan fingerprint density at radius 1 is 0.794 bits per heavy atom. The zero-order chi connectivity index (χ0) is 23.9. The van der Waals surface area contributed by atoms with Gasteiger partial charge in [-0.3, -0.25) is 4.98 Å². The van der Waals surface area contributed by atoms with E-state index in [-0.39, 0.29) is 5.82 Å². The lowest BCUT2D eigenvalue weighted by Gasteiger charge is -2.10. The third-order valence-electron chi connectivity index (χ3n) is 6.00. The average Bonchev–Trinajstić information content (AvgIpc) is 2.86. The lowest BCUT2D eigenvalue weighted by Crippen LogP contribution is -1.98. The van der Waals surface area contributed by atoms with Gasteiger partial charge in [0.05, 0.1) is 18.5 Å². The zero-order valence-electron chi connectivity index (χ0n) is 19.3. The molecule has 0 unspecified atom stereocenters. The summed E-state index contributed by atoms with van der Waals surface area (Å²) < 4.78 is 47.4. The minimum absolute atomic E-state index is 0.286. The quantitative estimate of drug-likeness (QED) is 0.222. The highest BCUT2D eigenvalue weighted by Crippen LogP contribution is 2.28. The Kier molecular flexibility index (Phi) is 7.84. The second kappa shape index (κ2) is 11.2. The second-order valence-corrected chi connectivity index (χ2v) is 8.51. The van der Waals surface area contributed by atoms with Gasteiger partial charge in [-0.2, -0.15) is 0 Å². The maximum Gasteiger partial charge on any atom is 0.159 e. The lowest BCUT2D eigenvalue weighted by atomic mass is 9.98. The molecule has 4 rings (SSSR count). The summed E-state index contributed by atoms with van der Waals surface area (Å²) in [5.41, 5.74) is 2.87. The van der Waals surface area contributed by atoms with Crippen molar-refractivity contribution in [3.8, 4) is 17.0 Å². The first-order valence-electron chi connectivity index (χ1n) is 11.8. The van der Waals surface area contributed by atoms with Crippen LogP contribution in [0.1, 0.15) is 43.7 Å². The van der Waals surface area contributed by atoms with E-state index < -0.39 is 11.6 Å². The van der Waals surface area contributed by atoms with Gasteiger partial charge in [0.2, 0.25) is 0 Å². The zero-order valence-corrected chi connectivity index (χ0v) is 19.3. The van der Waals surface area contributed by atoms with Crippen LogP contribution in [0, 0.1) is 17.5 Å². The van der Waals surface area contributed by atoms with Gasteiger partial charge in [-0.25, -0.2) is 13.2 Å². The van der Waals surface area contributed by atoms with E-state index in [1.165, 1.54) is 25.3 Å². The van der Waals surface area contributed by atoms with Crippen molar-refractivity contribution in [3.05, 3.63) is 95.4 Å². The molecule has 3 aromatic carbocycles. The van der Waals surface area contributed by atoms with Crippen molar-refractivity contribution in [2.75, 3.05) is 6.61 Å². The van der Waals surface area contributed by atoms with E-state index in [9.17, 15) is 8.78 Å². The summed E-state index contributed by atoms with van der Waals surface area (Å²) in [4.78, 5) is 4.51. The van der Waals surface area contributed by atoms with Crippen LogP contribution in [-0.4, -0.2) is 11.6 Å². The van der Waals surface area contributed by atoms with Crippen LogP contribution in [0.25, 0.3) is 22.0 Å². The number of pyridine rings is 1. The van der Waals surface area contributed by atoms with E-state index in [4.69, 9.17) is 4.74 Å². The second-order valence-electron chi connectivity index (χ2n) is 8.51. The van der Waals surface area contributed by atoms with Crippen molar-refractivity contribution >= 4 is 10.8 Å². The van der Waals surface area contributed by atoms with Crippen LogP contribution >= 0.6 is 0 Å². The molecule has 0 amide bonds. The van der Waals surface area contributed by atoms with Crippen molar-refractivity contribution in [1.82, 2.24) is 4.98 Å². The number of ether oxygens (including phenoxy) is 1. The van der Waals surface area contributed by atoms with Crippen LogP contribution in [0.5, 0.6) is 5.75 Å². The monoisotopic (exact) mass is 463 g/mol. The Morgan fingerprint density at radius 3 is 2.44 bits per heavy atom. The van der Waals surface area contributed by atoms with Crippen molar-refractivity contribution < 1.29 is 17.9 Å². The standard InChI is InChI=1S/C29H28F3NO/c1-2-3-4-5-16-34-24-12-15-28(33-19-24)23-11-13-25-22(18-23)10-9-21(29(25)32)8-6-20-7-14-26(30)27(31)17-20/h7,9-15,17-19H,2-6,8,16H2,1H3. The molecular weight excluding hydrogens is 435 g/mol. The summed E-state index contributed by atoms with van der Waals surface area (Å²) in [6, 6.07) is 16.8. The molecule has 0 saturated carbocycles. The number of halogens is 3. The molecule has 176 valence electrons. The van der Waals surface area contributed by atoms with Gasteiger partial charge < -0.3 is 4.74 Å². The topological polar surface area (TPSA) is 22.1 Å². The largest absolute Gasteiger partial charge is 0.492 e. The molecule has 0 aliphatic carbocycles. The first-order valence-corrected chi connectivity index (χ1v) is 11.8.